The van der Waals surface area contributed by atoms with E-state index < -0.39 is 83.5 Å². The van der Waals surface area contributed by atoms with E-state index in [1.54, 1.807) is 0 Å². The van der Waals surface area contributed by atoms with Gasteiger partial charge in [-0.05, 0) is 12.8 Å². The monoisotopic (exact) mass is 666 g/mol. The van der Waals surface area contributed by atoms with Gasteiger partial charge in [0.1, 0.15) is 43.2 Å². The molecule has 254 valence electrons. The number of aliphatic hydroxyl groups is 4. The van der Waals surface area contributed by atoms with Gasteiger partial charge in [-0.2, -0.15) is 0 Å². The Labute approximate surface area is 251 Å². The van der Waals surface area contributed by atoms with Crippen LogP contribution < -0.4 is 0 Å². The molecule has 0 radical (unpaired) electrons. The average molecular weight is 667 g/mol. The van der Waals surface area contributed by atoms with E-state index in [4.69, 9.17) is 28.3 Å². The summed E-state index contributed by atoms with van der Waals surface area (Å²) >= 11 is 0. The van der Waals surface area contributed by atoms with Crippen LogP contribution in [0.25, 0.3) is 0 Å². The van der Waals surface area contributed by atoms with E-state index in [1.807, 2.05) is 6.92 Å². The number of rotatable bonds is 22. The van der Waals surface area contributed by atoms with Crippen molar-refractivity contribution in [3.05, 3.63) is 0 Å². The van der Waals surface area contributed by atoms with Crippen LogP contribution in [0.15, 0.2) is 0 Å². The molecule has 0 heterocycles. The summed E-state index contributed by atoms with van der Waals surface area (Å²) in [6.07, 6.45) is -5.81. The van der Waals surface area contributed by atoms with Crippen molar-refractivity contribution in [2.24, 2.45) is 0 Å². The molecule has 0 aromatic rings. The third-order valence-corrected chi connectivity index (χ3v) is 8.18. The zero-order valence-electron chi connectivity index (χ0n) is 24.6. The Kier molecular flexibility index (Phi) is 18.8. The molecule has 1 rings (SSSR count). The van der Waals surface area contributed by atoms with Crippen LogP contribution >= 0.6 is 15.6 Å². The Morgan fingerprint density at radius 2 is 1.14 bits per heavy atom. The molecule has 0 amide bonds. The smallest absolute Gasteiger partial charge is 0.462 e. The minimum atomic E-state index is -5.34. The Morgan fingerprint density at radius 1 is 0.651 bits per heavy atom. The SMILES string of the molecule is CCCCCCCC(=O)OC[C@H](COP(=O)(O)O[C@@H]1[C@@H](O)[C@H](OP(=O)(O)O)[C@@H](O)[C@@H](O)[C@H]1O)OC(=O)CCCCCCC. The topological polar surface area (TPSA) is 256 Å². The molecule has 1 unspecified atom stereocenters. The van der Waals surface area contributed by atoms with Gasteiger partial charge >= 0.3 is 27.6 Å². The second-order valence-electron chi connectivity index (χ2n) is 10.5. The lowest BCUT2D eigenvalue weighted by atomic mass is 9.85. The summed E-state index contributed by atoms with van der Waals surface area (Å²) in [5.74, 6) is -1.24. The summed E-state index contributed by atoms with van der Waals surface area (Å²) in [5, 5.41) is 40.6. The van der Waals surface area contributed by atoms with E-state index >= 15 is 0 Å². The van der Waals surface area contributed by atoms with Gasteiger partial charge in [-0.15, -0.1) is 0 Å². The van der Waals surface area contributed by atoms with E-state index in [1.165, 1.54) is 0 Å². The highest BCUT2D eigenvalue weighted by molar-refractivity contribution is 7.47. The van der Waals surface area contributed by atoms with Crippen molar-refractivity contribution in [1.29, 1.82) is 0 Å². The molecule has 0 spiro atoms. The van der Waals surface area contributed by atoms with Gasteiger partial charge in [0, 0.05) is 12.8 Å². The number of esters is 2. The van der Waals surface area contributed by atoms with Crippen molar-refractivity contribution in [3.63, 3.8) is 0 Å². The van der Waals surface area contributed by atoms with Gasteiger partial charge in [-0.3, -0.25) is 23.2 Å². The number of carbonyl (C=O) groups excluding carboxylic acids is 2. The van der Waals surface area contributed by atoms with Crippen molar-refractivity contribution in [3.8, 4) is 0 Å². The third kappa shape index (κ3) is 16.2. The fraction of sp³-hybridized carbons (Fsp3) is 0.920. The van der Waals surface area contributed by atoms with E-state index in [0.29, 0.717) is 12.8 Å². The van der Waals surface area contributed by atoms with Gasteiger partial charge in [0.2, 0.25) is 0 Å². The molecule has 0 aromatic heterocycles. The number of hydrogen-bond donors (Lipinski definition) is 7. The molecule has 0 bridgehead atoms. The van der Waals surface area contributed by atoms with Crippen LogP contribution in [0.5, 0.6) is 0 Å². The Hall–Kier alpha value is -1.00. The molecule has 0 aromatic carbocycles. The zero-order valence-corrected chi connectivity index (χ0v) is 26.4. The van der Waals surface area contributed by atoms with E-state index in [-0.39, 0.29) is 12.8 Å². The van der Waals surface area contributed by atoms with Gasteiger partial charge in [0.15, 0.2) is 6.10 Å². The lowest BCUT2D eigenvalue weighted by molar-refractivity contribution is -0.216. The van der Waals surface area contributed by atoms with E-state index in [0.717, 1.165) is 51.4 Å². The summed E-state index contributed by atoms with van der Waals surface area (Å²) in [6, 6.07) is 0. The lowest BCUT2D eigenvalue weighted by Crippen LogP contribution is -2.64. The summed E-state index contributed by atoms with van der Waals surface area (Å²) in [6.45, 7) is 2.77. The number of unbranched alkanes of at least 4 members (excludes halogenated alkanes) is 8. The maximum Gasteiger partial charge on any atom is 0.472 e. The van der Waals surface area contributed by atoms with E-state index in [2.05, 4.69) is 11.4 Å². The molecule has 18 heteroatoms. The first-order chi connectivity index (χ1) is 20.1. The number of carbonyl (C=O) groups is 2. The van der Waals surface area contributed by atoms with Crippen LogP contribution in [0, 0.1) is 0 Å². The van der Waals surface area contributed by atoms with Crippen LogP contribution in [0.2, 0.25) is 0 Å². The Bertz CT molecular complexity index is 914. The van der Waals surface area contributed by atoms with Crippen molar-refractivity contribution in [1.82, 2.24) is 0 Å². The predicted molar refractivity (Wildman–Crippen MR) is 149 cm³/mol. The van der Waals surface area contributed by atoms with Crippen molar-refractivity contribution < 1.29 is 76.9 Å². The van der Waals surface area contributed by atoms with Gasteiger partial charge in [-0.25, -0.2) is 9.13 Å². The average Bonchev–Trinajstić information content (AvgIpc) is 2.93. The Balaban J connectivity index is 2.84. The van der Waals surface area contributed by atoms with Crippen LogP contribution in [0.1, 0.15) is 90.9 Å². The molecular formula is C25H48O16P2. The standard InChI is InChI=1S/C25H48O16P2/c1-3-5-7-9-11-13-18(26)37-15-17(39-19(27)14-12-10-8-6-4-2)16-38-43(35,36)41-25-22(30)20(28)21(29)24(23(25)31)40-42(32,33)34/h17,20-25,28-31H,3-16H2,1-2H3,(H,35,36)(H2,32,33,34)/t17-,20-,21+,22-,23+,24-,25+/m1/s1. The fourth-order valence-electron chi connectivity index (χ4n) is 4.32. The Morgan fingerprint density at radius 3 is 1.65 bits per heavy atom. The molecule has 16 nitrogen and oxygen atoms in total. The molecule has 0 aliphatic heterocycles. The van der Waals surface area contributed by atoms with Gasteiger partial charge in [-0.1, -0.05) is 65.2 Å². The molecule has 1 fully saturated rings. The molecule has 0 saturated heterocycles. The molecule has 8 atom stereocenters. The second kappa shape index (κ2) is 20.2. The van der Waals surface area contributed by atoms with Crippen molar-refractivity contribution in [2.45, 2.75) is 134 Å². The highest BCUT2D eigenvalue weighted by Crippen LogP contribution is 2.48. The number of phosphoric ester groups is 2. The van der Waals surface area contributed by atoms with E-state index in [9.17, 15) is 44.0 Å². The normalized spacial score (nSPS) is 26.4. The van der Waals surface area contributed by atoms with Crippen molar-refractivity contribution in [2.75, 3.05) is 13.2 Å². The lowest BCUT2D eigenvalue weighted by Gasteiger charge is -2.43. The molecule has 43 heavy (non-hydrogen) atoms. The van der Waals surface area contributed by atoms with Crippen LogP contribution in [-0.2, 0) is 41.8 Å². The van der Waals surface area contributed by atoms with Crippen LogP contribution in [0.3, 0.4) is 0 Å². The first-order valence-corrected chi connectivity index (χ1v) is 17.6. The predicted octanol–water partition coefficient (Wildman–Crippen LogP) is 1.60. The number of ether oxygens (including phenoxy) is 2. The summed E-state index contributed by atoms with van der Waals surface area (Å²) in [4.78, 5) is 52.8. The maximum absolute atomic E-state index is 12.7. The number of phosphoric acid groups is 2. The molecule has 1 aliphatic carbocycles. The van der Waals surface area contributed by atoms with Crippen molar-refractivity contribution >= 4 is 27.6 Å². The number of hydrogen-bond acceptors (Lipinski definition) is 13. The molecule has 1 saturated carbocycles. The maximum atomic E-state index is 12.7. The molecule has 7 N–H and O–H groups in total. The molecular weight excluding hydrogens is 618 g/mol. The first kappa shape index (κ1) is 40.0. The highest BCUT2D eigenvalue weighted by atomic mass is 31.2. The quantitative estimate of drug-likeness (QED) is 0.0492. The molecule has 1 aliphatic rings. The summed E-state index contributed by atoms with van der Waals surface area (Å²) in [5.41, 5.74) is 0. The van der Waals surface area contributed by atoms with Crippen LogP contribution in [0.4, 0.5) is 0 Å². The van der Waals surface area contributed by atoms with Gasteiger partial charge < -0.3 is 44.6 Å². The van der Waals surface area contributed by atoms with Gasteiger partial charge in [0.25, 0.3) is 0 Å². The van der Waals surface area contributed by atoms with Crippen LogP contribution in [-0.4, -0.2) is 103 Å². The third-order valence-electron chi connectivity index (χ3n) is 6.68. The second-order valence-corrected chi connectivity index (χ2v) is 13.1. The summed E-state index contributed by atoms with van der Waals surface area (Å²) in [7, 11) is -10.6. The largest absolute Gasteiger partial charge is 0.472 e. The minimum Gasteiger partial charge on any atom is -0.462 e. The summed E-state index contributed by atoms with van der Waals surface area (Å²) < 4.78 is 48.3. The highest BCUT2D eigenvalue weighted by Gasteiger charge is 2.54. The fourth-order valence-corrected chi connectivity index (χ4v) is 5.86. The first-order valence-electron chi connectivity index (χ1n) is 14.6. The van der Waals surface area contributed by atoms with Gasteiger partial charge in [0.05, 0.1) is 6.61 Å². The minimum absolute atomic E-state index is 0.0422. The number of aliphatic hydroxyl groups excluding tert-OH is 4. The zero-order chi connectivity index (χ0) is 32.6.